The van der Waals surface area contributed by atoms with Crippen molar-refractivity contribution in [1.82, 2.24) is 9.55 Å². The van der Waals surface area contributed by atoms with Gasteiger partial charge < -0.3 is 10.3 Å². The largest absolute Gasteiger partial charge is 0.384 e. The van der Waals surface area contributed by atoms with Crippen LogP contribution in [0.25, 0.3) is 0 Å². The molecule has 3 heteroatoms. The van der Waals surface area contributed by atoms with E-state index in [0.29, 0.717) is 12.5 Å². The zero-order valence-corrected chi connectivity index (χ0v) is 9.65. The lowest BCUT2D eigenvalue weighted by Crippen LogP contribution is -2.05. The van der Waals surface area contributed by atoms with Crippen molar-refractivity contribution in [3.05, 3.63) is 12.0 Å². The fourth-order valence-electron chi connectivity index (χ4n) is 2.50. The molecule has 0 spiro atoms. The second kappa shape index (κ2) is 5.07. The van der Waals surface area contributed by atoms with Crippen molar-refractivity contribution in [3.63, 3.8) is 0 Å². The Morgan fingerprint density at radius 3 is 2.69 bits per heavy atom. The maximum absolute atomic E-state index is 6.08. The summed E-state index contributed by atoms with van der Waals surface area (Å²) in [7, 11) is 0. The van der Waals surface area contributed by atoms with E-state index < -0.39 is 0 Å². The molecule has 3 nitrogen and oxygen atoms in total. The smallest absolute Gasteiger partial charge is 0.127 e. The SMILES string of the molecule is C#CCn1cnc(C2CCCCCC2)c1N. The van der Waals surface area contributed by atoms with Gasteiger partial charge in [-0.3, -0.25) is 0 Å². The first kappa shape index (κ1) is 11.1. The molecule has 0 bridgehead atoms. The van der Waals surface area contributed by atoms with E-state index in [1.165, 1.54) is 38.5 Å². The number of terminal acetylenes is 1. The highest BCUT2D eigenvalue weighted by Crippen LogP contribution is 2.33. The van der Waals surface area contributed by atoms with Crippen LogP contribution in [0.15, 0.2) is 6.33 Å². The van der Waals surface area contributed by atoms with E-state index >= 15 is 0 Å². The second-order valence-electron chi connectivity index (χ2n) is 4.54. The molecule has 86 valence electrons. The lowest BCUT2D eigenvalue weighted by molar-refractivity contribution is 0.581. The molecule has 0 unspecified atom stereocenters. The maximum atomic E-state index is 6.08. The minimum Gasteiger partial charge on any atom is -0.384 e. The zero-order chi connectivity index (χ0) is 11.4. The van der Waals surface area contributed by atoms with Crippen LogP contribution in [0, 0.1) is 12.3 Å². The van der Waals surface area contributed by atoms with Crippen LogP contribution in [0.2, 0.25) is 0 Å². The third-order valence-corrected chi connectivity index (χ3v) is 3.41. The molecule has 1 aromatic heterocycles. The third-order valence-electron chi connectivity index (χ3n) is 3.41. The van der Waals surface area contributed by atoms with Gasteiger partial charge in [0, 0.05) is 5.92 Å². The monoisotopic (exact) mass is 217 g/mol. The molecule has 0 amide bonds. The highest BCUT2D eigenvalue weighted by molar-refractivity contribution is 5.39. The van der Waals surface area contributed by atoms with Crippen LogP contribution < -0.4 is 5.73 Å². The van der Waals surface area contributed by atoms with Crippen LogP contribution >= 0.6 is 0 Å². The molecule has 1 saturated carbocycles. The fraction of sp³-hybridized carbons (Fsp3) is 0.615. The Hall–Kier alpha value is -1.43. The van der Waals surface area contributed by atoms with Crippen molar-refractivity contribution in [2.24, 2.45) is 0 Å². The predicted molar refractivity (Wildman–Crippen MR) is 65.9 cm³/mol. The van der Waals surface area contributed by atoms with Crippen molar-refractivity contribution < 1.29 is 0 Å². The first-order chi connectivity index (χ1) is 7.83. The number of hydrogen-bond acceptors (Lipinski definition) is 2. The van der Waals surface area contributed by atoms with Gasteiger partial charge >= 0.3 is 0 Å². The molecular weight excluding hydrogens is 198 g/mol. The Kier molecular flexibility index (Phi) is 3.51. The van der Waals surface area contributed by atoms with E-state index in [1.54, 1.807) is 6.33 Å². The van der Waals surface area contributed by atoms with Crippen molar-refractivity contribution in [2.75, 3.05) is 5.73 Å². The van der Waals surface area contributed by atoms with Crippen molar-refractivity contribution in [3.8, 4) is 12.3 Å². The number of nitrogens with zero attached hydrogens (tertiary/aromatic N) is 2. The molecule has 1 aliphatic carbocycles. The zero-order valence-electron chi connectivity index (χ0n) is 9.65. The van der Waals surface area contributed by atoms with Crippen LogP contribution in [0.1, 0.15) is 50.1 Å². The fourth-order valence-corrected chi connectivity index (χ4v) is 2.50. The van der Waals surface area contributed by atoms with E-state index in [1.807, 2.05) is 4.57 Å². The van der Waals surface area contributed by atoms with E-state index in [0.717, 1.165) is 11.5 Å². The molecule has 1 aromatic rings. The average molecular weight is 217 g/mol. The normalized spacial score (nSPS) is 17.9. The van der Waals surface area contributed by atoms with Gasteiger partial charge in [0.15, 0.2) is 0 Å². The van der Waals surface area contributed by atoms with Crippen molar-refractivity contribution in [2.45, 2.75) is 51.0 Å². The Balaban J connectivity index is 2.16. The third kappa shape index (κ3) is 2.21. The summed E-state index contributed by atoms with van der Waals surface area (Å²) in [5, 5.41) is 0. The lowest BCUT2D eigenvalue weighted by Gasteiger charge is -2.12. The molecule has 0 aromatic carbocycles. The van der Waals surface area contributed by atoms with Crippen molar-refractivity contribution in [1.29, 1.82) is 0 Å². The number of rotatable bonds is 2. The minimum atomic E-state index is 0.519. The number of hydrogen-bond donors (Lipinski definition) is 1. The Labute approximate surface area is 97.1 Å². The molecule has 2 rings (SSSR count). The summed E-state index contributed by atoms with van der Waals surface area (Å²) >= 11 is 0. The number of nitrogen functional groups attached to an aromatic ring is 1. The number of imidazole rings is 1. The van der Waals surface area contributed by atoms with Gasteiger partial charge in [-0.1, -0.05) is 31.6 Å². The van der Waals surface area contributed by atoms with Crippen LogP contribution in [-0.2, 0) is 6.54 Å². The molecule has 1 fully saturated rings. The number of aromatic nitrogens is 2. The molecular formula is C13H19N3. The summed E-state index contributed by atoms with van der Waals surface area (Å²) in [6.45, 7) is 0.519. The predicted octanol–water partition coefficient (Wildman–Crippen LogP) is 2.54. The molecule has 0 aliphatic heterocycles. The van der Waals surface area contributed by atoms with E-state index in [9.17, 15) is 0 Å². The summed E-state index contributed by atoms with van der Waals surface area (Å²) < 4.78 is 1.86. The maximum Gasteiger partial charge on any atom is 0.127 e. The van der Waals surface area contributed by atoms with Gasteiger partial charge in [-0.05, 0) is 12.8 Å². The summed E-state index contributed by atoms with van der Waals surface area (Å²) in [4.78, 5) is 4.44. The molecule has 0 atom stereocenters. The van der Waals surface area contributed by atoms with Gasteiger partial charge in [0.25, 0.3) is 0 Å². The van der Waals surface area contributed by atoms with Crippen LogP contribution in [0.4, 0.5) is 5.82 Å². The summed E-state index contributed by atoms with van der Waals surface area (Å²) in [5.74, 6) is 3.91. The molecule has 16 heavy (non-hydrogen) atoms. The topological polar surface area (TPSA) is 43.8 Å². The van der Waals surface area contributed by atoms with E-state index in [-0.39, 0.29) is 0 Å². The summed E-state index contributed by atoms with van der Waals surface area (Å²) in [6, 6.07) is 0. The molecule has 1 aliphatic rings. The Bertz CT molecular complexity index is 378. The number of nitrogens with two attached hydrogens (primary N) is 1. The van der Waals surface area contributed by atoms with Crippen LogP contribution in [0.5, 0.6) is 0 Å². The van der Waals surface area contributed by atoms with Gasteiger partial charge in [0.2, 0.25) is 0 Å². The standard InChI is InChI=1S/C13H19N3/c1-2-9-16-10-15-12(13(16)14)11-7-5-3-4-6-8-11/h1,10-11H,3-9,14H2. The quantitative estimate of drug-likeness (QED) is 0.611. The Morgan fingerprint density at radius 2 is 2.06 bits per heavy atom. The van der Waals surface area contributed by atoms with Gasteiger partial charge in [-0.2, -0.15) is 0 Å². The van der Waals surface area contributed by atoms with Crippen LogP contribution in [-0.4, -0.2) is 9.55 Å². The first-order valence-electron chi connectivity index (χ1n) is 6.07. The Morgan fingerprint density at radius 1 is 1.38 bits per heavy atom. The minimum absolute atomic E-state index is 0.519. The summed E-state index contributed by atoms with van der Waals surface area (Å²) in [6.07, 6.45) is 14.8. The number of anilines is 1. The summed E-state index contributed by atoms with van der Waals surface area (Å²) in [5.41, 5.74) is 7.14. The van der Waals surface area contributed by atoms with Gasteiger partial charge in [0.1, 0.15) is 5.82 Å². The molecule has 1 heterocycles. The molecule has 2 N–H and O–H groups in total. The average Bonchev–Trinajstić information content (AvgIpc) is 2.55. The van der Waals surface area contributed by atoms with E-state index in [4.69, 9.17) is 12.2 Å². The van der Waals surface area contributed by atoms with Crippen molar-refractivity contribution >= 4 is 5.82 Å². The van der Waals surface area contributed by atoms with Gasteiger partial charge in [0.05, 0.1) is 18.6 Å². The highest BCUT2D eigenvalue weighted by Gasteiger charge is 2.20. The first-order valence-corrected chi connectivity index (χ1v) is 6.07. The molecule has 0 saturated heterocycles. The van der Waals surface area contributed by atoms with Gasteiger partial charge in [-0.15, -0.1) is 6.42 Å². The second-order valence-corrected chi connectivity index (χ2v) is 4.54. The lowest BCUT2D eigenvalue weighted by atomic mass is 9.96. The van der Waals surface area contributed by atoms with Crippen LogP contribution in [0.3, 0.4) is 0 Å². The van der Waals surface area contributed by atoms with Gasteiger partial charge in [-0.25, -0.2) is 4.98 Å². The molecule has 0 radical (unpaired) electrons. The highest BCUT2D eigenvalue weighted by atomic mass is 15.1. The van der Waals surface area contributed by atoms with E-state index in [2.05, 4.69) is 10.9 Å².